The maximum absolute atomic E-state index is 12.8. The number of hydrazone groups is 1. The van der Waals surface area contributed by atoms with Crippen LogP contribution in [0.2, 0.25) is 0 Å². The molecule has 0 saturated heterocycles. The number of benzene rings is 4. The molecule has 0 aliphatic rings. The number of amides is 1. The molecule has 0 radical (unpaired) electrons. The van der Waals surface area contributed by atoms with Gasteiger partial charge in [-0.1, -0.05) is 48.5 Å². The highest BCUT2D eigenvalue weighted by Crippen LogP contribution is 2.22. The van der Waals surface area contributed by atoms with E-state index in [1.165, 1.54) is 0 Å². The normalized spacial score (nSPS) is 11.2. The maximum atomic E-state index is 12.8. The lowest BCUT2D eigenvalue weighted by Crippen LogP contribution is -2.21. The quantitative estimate of drug-likeness (QED) is 0.207. The van der Waals surface area contributed by atoms with Crippen molar-refractivity contribution in [1.29, 1.82) is 0 Å². The van der Waals surface area contributed by atoms with Crippen LogP contribution < -0.4 is 19.6 Å². The van der Waals surface area contributed by atoms with Crippen LogP contribution in [0.25, 0.3) is 10.8 Å². The molecule has 0 heterocycles. The summed E-state index contributed by atoms with van der Waals surface area (Å²) in [6.45, 7) is 2.53. The summed E-state index contributed by atoms with van der Waals surface area (Å²) in [6, 6.07) is 28.5. The number of carbonyl (C=O) groups is 1. The summed E-state index contributed by atoms with van der Waals surface area (Å²) in [7, 11) is 1.65. The number of hydrogen-bond acceptors (Lipinski definition) is 5. The molecular formula is C28H26N2O4. The Balaban J connectivity index is 1.39. The average Bonchev–Trinajstić information content (AvgIpc) is 2.89. The molecule has 4 aromatic carbocycles. The van der Waals surface area contributed by atoms with Gasteiger partial charge in [-0.2, -0.15) is 5.10 Å². The van der Waals surface area contributed by atoms with Gasteiger partial charge in [-0.3, -0.25) is 4.79 Å². The number of rotatable bonds is 9. The Morgan fingerprint density at radius 1 is 0.794 bits per heavy atom. The van der Waals surface area contributed by atoms with Gasteiger partial charge < -0.3 is 14.2 Å². The first-order chi connectivity index (χ1) is 16.6. The van der Waals surface area contributed by atoms with Crippen molar-refractivity contribution in [2.24, 2.45) is 5.10 Å². The summed E-state index contributed by atoms with van der Waals surface area (Å²) in [6.07, 6.45) is 0. The van der Waals surface area contributed by atoms with Gasteiger partial charge in [0.25, 0.3) is 5.91 Å². The van der Waals surface area contributed by atoms with Crippen LogP contribution >= 0.6 is 0 Å². The Hall–Kier alpha value is -4.32. The lowest BCUT2D eigenvalue weighted by Gasteiger charge is -2.11. The molecule has 0 aromatic heterocycles. The van der Waals surface area contributed by atoms with E-state index in [0.29, 0.717) is 30.2 Å². The van der Waals surface area contributed by atoms with Crippen molar-refractivity contribution < 1.29 is 19.0 Å². The highest BCUT2D eigenvalue weighted by Gasteiger charge is 2.12. The molecule has 6 heteroatoms. The minimum absolute atomic E-state index is 0.309. The second kappa shape index (κ2) is 11.0. The van der Waals surface area contributed by atoms with Crippen molar-refractivity contribution in [3.8, 4) is 17.2 Å². The van der Waals surface area contributed by atoms with Crippen molar-refractivity contribution >= 4 is 22.4 Å². The Kier molecular flexibility index (Phi) is 7.40. The largest absolute Gasteiger partial charge is 0.497 e. The zero-order valence-corrected chi connectivity index (χ0v) is 19.2. The fraction of sp³-hybridized carbons (Fsp3) is 0.143. The van der Waals surface area contributed by atoms with Crippen LogP contribution in [0.3, 0.4) is 0 Å². The Morgan fingerprint density at radius 2 is 1.50 bits per heavy atom. The van der Waals surface area contributed by atoms with E-state index in [-0.39, 0.29) is 5.91 Å². The second-order valence-electron chi connectivity index (χ2n) is 7.57. The minimum atomic E-state index is -0.343. The van der Waals surface area contributed by atoms with Crippen LogP contribution in [-0.2, 0) is 0 Å². The highest BCUT2D eigenvalue weighted by atomic mass is 16.5. The van der Waals surface area contributed by atoms with E-state index in [1.807, 2.05) is 79.7 Å². The molecule has 0 aliphatic carbocycles. The average molecular weight is 455 g/mol. The molecule has 4 aromatic rings. The van der Waals surface area contributed by atoms with Crippen LogP contribution in [0.5, 0.6) is 17.2 Å². The number of ether oxygens (including phenoxy) is 3. The third-order valence-corrected chi connectivity index (χ3v) is 5.27. The zero-order chi connectivity index (χ0) is 23.8. The molecule has 1 amide bonds. The molecule has 0 unspecified atom stereocenters. The number of methoxy groups -OCH3 is 1. The van der Waals surface area contributed by atoms with E-state index in [4.69, 9.17) is 14.2 Å². The Morgan fingerprint density at radius 3 is 2.32 bits per heavy atom. The monoisotopic (exact) mass is 454 g/mol. The SMILES string of the molecule is COc1ccc2cc(C(C)=NNC(=O)c3ccccc3OCCOc3ccccc3)ccc2c1. The number of nitrogens with one attached hydrogen (secondary N) is 1. The van der Waals surface area contributed by atoms with Gasteiger partial charge in [0.15, 0.2) is 0 Å². The third kappa shape index (κ3) is 5.72. The summed E-state index contributed by atoms with van der Waals surface area (Å²) in [5.41, 5.74) is 4.66. The summed E-state index contributed by atoms with van der Waals surface area (Å²) >= 11 is 0. The number of nitrogens with zero attached hydrogens (tertiary/aromatic N) is 1. The van der Waals surface area contributed by atoms with Gasteiger partial charge in [-0.05, 0) is 65.7 Å². The van der Waals surface area contributed by atoms with Gasteiger partial charge in [0.05, 0.1) is 18.4 Å². The number of para-hydroxylation sites is 2. The lowest BCUT2D eigenvalue weighted by atomic mass is 10.0. The molecule has 4 rings (SSSR count). The summed E-state index contributed by atoms with van der Waals surface area (Å²) in [5.74, 6) is 1.72. The van der Waals surface area contributed by atoms with Crippen LogP contribution in [0.4, 0.5) is 0 Å². The van der Waals surface area contributed by atoms with Crippen LogP contribution in [0.1, 0.15) is 22.8 Å². The van der Waals surface area contributed by atoms with Gasteiger partial charge in [0.1, 0.15) is 30.5 Å². The molecule has 6 nitrogen and oxygen atoms in total. The molecule has 34 heavy (non-hydrogen) atoms. The van der Waals surface area contributed by atoms with Gasteiger partial charge in [-0.25, -0.2) is 5.43 Å². The van der Waals surface area contributed by atoms with Gasteiger partial charge >= 0.3 is 0 Å². The zero-order valence-electron chi connectivity index (χ0n) is 19.2. The topological polar surface area (TPSA) is 69.2 Å². The third-order valence-electron chi connectivity index (χ3n) is 5.27. The van der Waals surface area contributed by atoms with E-state index < -0.39 is 0 Å². The van der Waals surface area contributed by atoms with Crippen molar-refractivity contribution in [2.75, 3.05) is 20.3 Å². The molecule has 0 bridgehead atoms. The van der Waals surface area contributed by atoms with Crippen molar-refractivity contribution in [3.63, 3.8) is 0 Å². The van der Waals surface area contributed by atoms with E-state index in [2.05, 4.69) is 10.5 Å². The predicted octanol–water partition coefficient (Wildman–Crippen LogP) is 5.46. The van der Waals surface area contributed by atoms with E-state index in [9.17, 15) is 4.79 Å². The molecule has 172 valence electrons. The second-order valence-corrected chi connectivity index (χ2v) is 7.57. The van der Waals surface area contributed by atoms with E-state index >= 15 is 0 Å². The fourth-order valence-electron chi connectivity index (χ4n) is 3.44. The number of fused-ring (bicyclic) bond motifs is 1. The summed E-state index contributed by atoms with van der Waals surface area (Å²) in [4.78, 5) is 12.8. The van der Waals surface area contributed by atoms with E-state index in [1.54, 1.807) is 25.3 Å². The lowest BCUT2D eigenvalue weighted by molar-refractivity contribution is 0.0949. The maximum Gasteiger partial charge on any atom is 0.275 e. The van der Waals surface area contributed by atoms with E-state index in [0.717, 1.165) is 27.8 Å². The van der Waals surface area contributed by atoms with Crippen molar-refractivity contribution in [2.45, 2.75) is 6.92 Å². The molecule has 0 atom stereocenters. The first-order valence-electron chi connectivity index (χ1n) is 11.0. The van der Waals surface area contributed by atoms with Gasteiger partial charge in [-0.15, -0.1) is 0 Å². The molecule has 0 spiro atoms. The highest BCUT2D eigenvalue weighted by molar-refractivity contribution is 6.03. The molecule has 0 aliphatic heterocycles. The van der Waals surface area contributed by atoms with Crippen molar-refractivity contribution in [1.82, 2.24) is 5.43 Å². The van der Waals surface area contributed by atoms with Crippen molar-refractivity contribution in [3.05, 3.63) is 102 Å². The predicted molar refractivity (Wildman–Crippen MR) is 134 cm³/mol. The minimum Gasteiger partial charge on any atom is -0.497 e. The number of carbonyl (C=O) groups excluding carboxylic acids is 1. The fourth-order valence-corrected chi connectivity index (χ4v) is 3.44. The smallest absolute Gasteiger partial charge is 0.275 e. The van der Waals surface area contributed by atoms with Crippen LogP contribution in [-0.4, -0.2) is 31.9 Å². The molecule has 0 saturated carbocycles. The van der Waals surface area contributed by atoms with Gasteiger partial charge in [0, 0.05) is 0 Å². The standard InChI is InChI=1S/C28H26N2O4/c1-20(21-12-13-23-19-25(32-2)15-14-22(23)18-21)29-30-28(31)26-10-6-7-11-27(26)34-17-16-33-24-8-4-3-5-9-24/h3-15,18-19H,16-17H2,1-2H3,(H,30,31). The van der Waals surface area contributed by atoms with Crippen LogP contribution in [0, 0.1) is 0 Å². The molecule has 0 fully saturated rings. The number of hydrogen-bond donors (Lipinski definition) is 1. The first-order valence-corrected chi connectivity index (χ1v) is 11.0. The Labute approximate surface area is 198 Å². The van der Waals surface area contributed by atoms with Crippen LogP contribution in [0.15, 0.2) is 96.1 Å². The first kappa shape index (κ1) is 22.9. The summed E-state index contributed by atoms with van der Waals surface area (Å²) in [5, 5.41) is 6.44. The molecule has 1 N–H and O–H groups in total. The molecular weight excluding hydrogens is 428 g/mol. The van der Waals surface area contributed by atoms with Gasteiger partial charge in [0.2, 0.25) is 0 Å². The summed E-state index contributed by atoms with van der Waals surface area (Å²) < 4.78 is 16.7. The Bertz CT molecular complexity index is 1300.